The van der Waals surface area contributed by atoms with Crippen LogP contribution in [0.2, 0.25) is 0 Å². The summed E-state index contributed by atoms with van der Waals surface area (Å²) in [6.45, 7) is 7.96. The third kappa shape index (κ3) is 5.65. The van der Waals surface area contributed by atoms with Gasteiger partial charge in [-0.1, -0.05) is 20.3 Å². The van der Waals surface area contributed by atoms with Crippen molar-refractivity contribution in [2.24, 2.45) is 11.1 Å². The minimum absolute atomic E-state index is 0.0660. The first-order chi connectivity index (χ1) is 8.46. The van der Waals surface area contributed by atoms with Crippen LogP contribution in [-0.4, -0.2) is 51.3 Å². The van der Waals surface area contributed by atoms with Gasteiger partial charge >= 0.3 is 0 Å². The SMILES string of the molecule is CCCNC1CCN(CCS(N)(=O)=O)CC1CC. The molecule has 1 fully saturated rings. The Hall–Kier alpha value is -0.170. The Bertz CT molecular complexity index is 332. The molecule has 0 amide bonds. The van der Waals surface area contributed by atoms with E-state index in [-0.39, 0.29) is 5.75 Å². The number of primary sulfonamides is 1. The van der Waals surface area contributed by atoms with Gasteiger partial charge in [0.1, 0.15) is 0 Å². The first-order valence-corrected chi connectivity index (χ1v) is 8.64. The summed E-state index contributed by atoms with van der Waals surface area (Å²) in [7, 11) is -3.33. The predicted octanol–water partition coefficient (Wildman–Crippen LogP) is 0.375. The number of nitrogens with one attached hydrogen (secondary N) is 1. The van der Waals surface area contributed by atoms with Crippen molar-refractivity contribution in [2.45, 2.75) is 39.2 Å². The van der Waals surface area contributed by atoms with E-state index in [1.807, 2.05) is 0 Å². The molecule has 0 aromatic rings. The second-order valence-corrected chi connectivity index (χ2v) is 6.92. The molecular weight excluding hydrogens is 250 g/mol. The van der Waals surface area contributed by atoms with Crippen molar-refractivity contribution in [3.8, 4) is 0 Å². The van der Waals surface area contributed by atoms with Crippen molar-refractivity contribution >= 4 is 10.0 Å². The van der Waals surface area contributed by atoms with E-state index >= 15 is 0 Å². The topological polar surface area (TPSA) is 75.4 Å². The fraction of sp³-hybridized carbons (Fsp3) is 1.00. The summed E-state index contributed by atoms with van der Waals surface area (Å²) >= 11 is 0. The summed E-state index contributed by atoms with van der Waals surface area (Å²) in [5, 5.41) is 8.64. The maximum absolute atomic E-state index is 11.0. The molecule has 18 heavy (non-hydrogen) atoms. The van der Waals surface area contributed by atoms with Gasteiger partial charge in [0, 0.05) is 19.1 Å². The van der Waals surface area contributed by atoms with Crippen molar-refractivity contribution in [1.29, 1.82) is 0 Å². The number of nitrogens with zero attached hydrogens (tertiary/aromatic N) is 1. The molecule has 5 nitrogen and oxygen atoms in total. The van der Waals surface area contributed by atoms with E-state index in [4.69, 9.17) is 5.14 Å². The number of rotatable bonds is 7. The smallest absolute Gasteiger partial charge is 0.210 e. The highest BCUT2D eigenvalue weighted by Crippen LogP contribution is 2.20. The average molecular weight is 277 g/mol. The lowest BCUT2D eigenvalue weighted by molar-refractivity contribution is 0.141. The van der Waals surface area contributed by atoms with Crippen LogP contribution in [0, 0.1) is 5.92 Å². The number of piperidine rings is 1. The average Bonchev–Trinajstić information content (AvgIpc) is 2.33. The van der Waals surface area contributed by atoms with Gasteiger partial charge in [-0.25, -0.2) is 13.6 Å². The zero-order valence-electron chi connectivity index (χ0n) is 11.6. The summed E-state index contributed by atoms with van der Waals surface area (Å²) in [6.07, 6.45) is 3.39. The van der Waals surface area contributed by atoms with E-state index in [0.717, 1.165) is 38.9 Å². The lowest BCUT2D eigenvalue weighted by atomic mass is 9.90. The van der Waals surface area contributed by atoms with Gasteiger partial charge in [0.2, 0.25) is 10.0 Å². The fourth-order valence-electron chi connectivity index (χ4n) is 2.58. The molecule has 0 saturated carbocycles. The second kappa shape index (κ2) is 7.43. The largest absolute Gasteiger partial charge is 0.314 e. The molecule has 0 aliphatic carbocycles. The number of hydrogen-bond donors (Lipinski definition) is 2. The molecule has 1 saturated heterocycles. The van der Waals surface area contributed by atoms with Crippen molar-refractivity contribution < 1.29 is 8.42 Å². The van der Waals surface area contributed by atoms with Crippen LogP contribution >= 0.6 is 0 Å². The van der Waals surface area contributed by atoms with Crippen molar-refractivity contribution in [1.82, 2.24) is 10.2 Å². The van der Waals surface area contributed by atoms with Crippen LogP contribution in [0.15, 0.2) is 0 Å². The maximum atomic E-state index is 11.0. The van der Waals surface area contributed by atoms with Crippen LogP contribution in [0.4, 0.5) is 0 Å². The quantitative estimate of drug-likeness (QED) is 0.705. The lowest BCUT2D eigenvalue weighted by Crippen LogP contribution is -2.50. The van der Waals surface area contributed by atoms with Crippen LogP contribution in [0.1, 0.15) is 33.1 Å². The Morgan fingerprint density at radius 1 is 1.39 bits per heavy atom. The highest BCUT2D eigenvalue weighted by molar-refractivity contribution is 7.89. The summed E-state index contributed by atoms with van der Waals surface area (Å²) in [5.74, 6) is 0.682. The number of hydrogen-bond acceptors (Lipinski definition) is 4. The Kier molecular flexibility index (Phi) is 6.55. The van der Waals surface area contributed by atoms with E-state index < -0.39 is 10.0 Å². The minimum atomic E-state index is -3.33. The molecule has 2 atom stereocenters. The number of nitrogens with two attached hydrogens (primary N) is 1. The normalized spacial score (nSPS) is 26.4. The molecular formula is C12H27N3O2S. The van der Waals surface area contributed by atoms with E-state index in [0.29, 0.717) is 18.5 Å². The standard InChI is InChI=1S/C12H27N3O2S/c1-3-6-14-12-5-7-15(10-11(12)4-2)8-9-18(13,16)17/h11-12,14H,3-10H2,1-2H3,(H2,13,16,17). The van der Waals surface area contributed by atoms with Gasteiger partial charge in [0.15, 0.2) is 0 Å². The van der Waals surface area contributed by atoms with E-state index in [9.17, 15) is 8.42 Å². The highest BCUT2D eigenvalue weighted by atomic mass is 32.2. The molecule has 0 bridgehead atoms. The van der Waals surface area contributed by atoms with Gasteiger partial charge in [0.05, 0.1) is 5.75 Å². The summed E-state index contributed by atoms with van der Waals surface area (Å²) < 4.78 is 21.9. The monoisotopic (exact) mass is 277 g/mol. The van der Waals surface area contributed by atoms with E-state index in [1.165, 1.54) is 0 Å². The van der Waals surface area contributed by atoms with Crippen LogP contribution in [0.3, 0.4) is 0 Å². The van der Waals surface area contributed by atoms with Gasteiger partial charge in [-0.05, 0) is 31.8 Å². The van der Waals surface area contributed by atoms with Crippen LogP contribution in [-0.2, 0) is 10.0 Å². The third-order valence-electron chi connectivity index (χ3n) is 3.69. The number of sulfonamides is 1. The van der Waals surface area contributed by atoms with Gasteiger partial charge in [-0.15, -0.1) is 0 Å². The zero-order chi connectivity index (χ0) is 13.6. The van der Waals surface area contributed by atoms with Crippen LogP contribution in [0.25, 0.3) is 0 Å². The summed E-state index contributed by atoms with van der Waals surface area (Å²) in [6, 6.07) is 0.584. The molecule has 1 aliphatic heterocycles. The Labute approximate surface area is 111 Å². The van der Waals surface area contributed by atoms with E-state index in [1.54, 1.807) is 0 Å². The molecule has 108 valence electrons. The van der Waals surface area contributed by atoms with Gasteiger partial charge in [-0.3, -0.25) is 0 Å². The minimum Gasteiger partial charge on any atom is -0.314 e. The van der Waals surface area contributed by atoms with Gasteiger partial charge in [-0.2, -0.15) is 0 Å². The van der Waals surface area contributed by atoms with Crippen LogP contribution in [0.5, 0.6) is 0 Å². The Balaban J connectivity index is 2.40. The fourth-order valence-corrected chi connectivity index (χ4v) is 3.09. The summed E-state index contributed by atoms with van der Waals surface area (Å²) in [4.78, 5) is 2.22. The summed E-state index contributed by atoms with van der Waals surface area (Å²) in [5.41, 5.74) is 0. The van der Waals surface area contributed by atoms with Crippen molar-refractivity contribution in [2.75, 3.05) is 31.9 Å². The first-order valence-electron chi connectivity index (χ1n) is 6.92. The Morgan fingerprint density at radius 2 is 2.11 bits per heavy atom. The van der Waals surface area contributed by atoms with Gasteiger partial charge in [0.25, 0.3) is 0 Å². The number of likely N-dealkylation sites (tertiary alicyclic amines) is 1. The van der Waals surface area contributed by atoms with Crippen LogP contribution < -0.4 is 10.5 Å². The molecule has 6 heteroatoms. The molecule has 1 heterocycles. The molecule has 0 aromatic carbocycles. The molecule has 3 N–H and O–H groups in total. The van der Waals surface area contributed by atoms with Crippen molar-refractivity contribution in [3.05, 3.63) is 0 Å². The maximum Gasteiger partial charge on any atom is 0.210 e. The third-order valence-corrected chi connectivity index (χ3v) is 4.44. The van der Waals surface area contributed by atoms with Gasteiger partial charge < -0.3 is 10.2 Å². The lowest BCUT2D eigenvalue weighted by Gasteiger charge is -2.38. The highest BCUT2D eigenvalue weighted by Gasteiger charge is 2.27. The zero-order valence-corrected chi connectivity index (χ0v) is 12.4. The van der Waals surface area contributed by atoms with Crippen molar-refractivity contribution in [3.63, 3.8) is 0 Å². The predicted molar refractivity (Wildman–Crippen MR) is 74.9 cm³/mol. The van der Waals surface area contributed by atoms with E-state index in [2.05, 4.69) is 24.1 Å². The molecule has 0 radical (unpaired) electrons. The molecule has 1 aliphatic rings. The second-order valence-electron chi connectivity index (χ2n) is 5.19. The first kappa shape index (κ1) is 15.9. The Morgan fingerprint density at radius 3 is 2.67 bits per heavy atom. The molecule has 2 unspecified atom stereocenters. The molecule has 0 aromatic heterocycles. The molecule has 0 spiro atoms. The molecule has 1 rings (SSSR count).